The summed E-state index contributed by atoms with van der Waals surface area (Å²) in [6.07, 6.45) is 1.70. The summed E-state index contributed by atoms with van der Waals surface area (Å²) < 4.78 is 10.9. The molecule has 0 spiro atoms. The van der Waals surface area contributed by atoms with Gasteiger partial charge in [-0.3, -0.25) is 14.5 Å². The molecule has 3 rings (SSSR count). The van der Waals surface area contributed by atoms with Crippen LogP contribution in [-0.4, -0.2) is 36.3 Å². The number of hydrogen-bond donors (Lipinski definition) is 0. The van der Waals surface area contributed by atoms with Crippen molar-refractivity contribution in [3.63, 3.8) is 0 Å². The largest absolute Gasteiger partial charge is 0.496 e. The first-order chi connectivity index (χ1) is 13.0. The molecule has 0 radical (unpaired) electrons. The molecule has 1 aliphatic heterocycles. The maximum absolute atomic E-state index is 12.6. The zero-order chi connectivity index (χ0) is 19.4. The second-order valence-corrected chi connectivity index (χ2v) is 7.24. The third-order valence-corrected chi connectivity index (χ3v) is 5.23. The lowest BCUT2D eigenvalue weighted by molar-refractivity contribution is -0.123. The molecule has 0 atom stereocenters. The SMILES string of the molecule is COc1cc(/C=C2\SC(=O)N(CCOc3ccccc3Cl)C2=O)ccc1C. The van der Waals surface area contributed by atoms with Gasteiger partial charge in [-0.25, -0.2) is 0 Å². The molecule has 1 heterocycles. The summed E-state index contributed by atoms with van der Waals surface area (Å²) >= 11 is 6.95. The first-order valence-electron chi connectivity index (χ1n) is 8.27. The number of para-hydroxylation sites is 1. The van der Waals surface area contributed by atoms with Crippen molar-refractivity contribution in [1.82, 2.24) is 4.90 Å². The fraction of sp³-hybridized carbons (Fsp3) is 0.200. The number of thioether (sulfide) groups is 1. The minimum Gasteiger partial charge on any atom is -0.496 e. The highest BCUT2D eigenvalue weighted by atomic mass is 35.5. The first-order valence-corrected chi connectivity index (χ1v) is 9.46. The molecule has 5 nitrogen and oxygen atoms in total. The number of rotatable bonds is 6. The molecule has 7 heteroatoms. The lowest BCUT2D eigenvalue weighted by atomic mass is 10.1. The Morgan fingerprint density at radius 3 is 2.67 bits per heavy atom. The van der Waals surface area contributed by atoms with Gasteiger partial charge in [0.2, 0.25) is 0 Å². The average Bonchev–Trinajstić information content (AvgIpc) is 2.92. The van der Waals surface area contributed by atoms with Gasteiger partial charge >= 0.3 is 0 Å². The van der Waals surface area contributed by atoms with Gasteiger partial charge in [-0.05, 0) is 54.1 Å². The van der Waals surface area contributed by atoms with E-state index in [0.29, 0.717) is 15.7 Å². The van der Waals surface area contributed by atoms with Crippen LogP contribution < -0.4 is 9.47 Å². The van der Waals surface area contributed by atoms with Gasteiger partial charge in [0, 0.05) is 0 Å². The monoisotopic (exact) mass is 403 g/mol. The topological polar surface area (TPSA) is 55.8 Å². The van der Waals surface area contributed by atoms with Gasteiger partial charge in [-0.2, -0.15) is 0 Å². The number of aryl methyl sites for hydroxylation is 1. The van der Waals surface area contributed by atoms with Crippen LogP contribution in [0.25, 0.3) is 6.08 Å². The minimum atomic E-state index is -0.327. The standard InChI is InChI=1S/C20H18ClNO4S/c1-13-7-8-14(11-17(13)25-2)12-18-19(23)22(20(24)27-18)9-10-26-16-6-4-3-5-15(16)21/h3-8,11-12H,9-10H2,1-2H3/b18-12-. The van der Waals surface area contributed by atoms with Crippen molar-refractivity contribution in [1.29, 1.82) is 0 Å². The van der Waals surface area contributed by atoms with Crippen LogP contribution in [0.1, 0.15) is 11.1 Å². The van der Waals surface area contributed by atoms with Crippen LogP contribution in [0.15, 0.2) is 47.4 Å². The summed E-state index contributed by atoms with van der Waals surface area (Å²) in [6.45, 7) is 2.27. The molecule has 2 aromatic carbocycles. The average molecular weight is 404 g/mol. The maximum atomic E-state index is 12.6. The third-order valence-electron chi connectivity index (χ3n) is 4.01. The van der Waals surface area contributed by atoms with Crippen molar-refractivity contribution in [2.24, 2.45) is 0 Å². The van der Waals surface area contributed by atoms with Gasteiger partial charge < -0.3 is 9.47 Å². The van der Waals surface area contributed by atoms with Crippen molar-refractivity contribution >= 4 is 40.6 Å². The Labute approximate surface area is 166 Å². The number of amides is 2. The number of carbonyl (C=O) groups is 2. The smallest absolute Gasteiger partial charge is 0.293 e. The van der Waals surface area contributed by atoms with E-state index in [1.165, 1.54) is 4.90 Å². The molecule has 1 aliphatic rings. The van der Waals surface area contributed by atoms with Crippen molar-refractivity contribution < 1.29 is 19.1 Å². The summed E-state index contributed by atoms with van der Waals surface area (Å²) in [6, 6.07) is 12.7. The van der Waals surface area contributed by atoms with Crippen molar-refractivity contribution in [2.75, 3.05) is 20.3 Å². The third kappa shape index (κ3) is 4.46. The summed E-state index contributed by atoms with van der Waals surface area (Å²) in [5, 5.41) is 0.174. The molecule has 0 aromatic heterocycles. The van der Waals surface area contributed by atoms with Crippen LogP contribution in [0, 0.1) is 6.92 Å². The Morgan fingerprint density at radius 2 is 1.93 bits per heavy atom. The highest BCUT2D eigenvalue weighted by molar-refractivity contribution is 8.18. The lowest BCUT2D eigenvalue weighted by Crippen LogP contribution is -2.32. The van der Waals surface area contributed by atoms with E-state index < -0.39 is 0 Å². The van der Waals surface area contributed by atoms with Crippen molar-refractivity contribution in [3.05, 3.63) is 63.5 Å². The number of hydrogen-bond acceptors (Lipinski definition) is 5. The van der Waals surface area contributed by atoms with Gasteiger partial charge in [0.25, 0.3) is 11.1 Å². The van der Waals surface area contributed by atoms with Crippen molar-refractivity contribution in [3.8, 4) is 11.5 Å². The summed E-state index contributed by atoms with van der Waals surface area (Å²) in [7, 11) is 1.60. The van der Waals surface area contributed by atoms with E-state index in [1.807, 2.05) is 25.1 Å². The molecule has 0 saturated carbocycles. The van der Waals surface area contributed by atoms with Gasteiger partial charge in [0.05, 0.1) is 23.6 Å². The predicted molar refractivity (Wildman–Crippen MR) is 107 cm³/mol. The highest BCUT2D eigenvalue weighted by Crippen LogP contribution is 2.33. The zero-order valence-corrected chi connectivity index (χ0v) is 16.5. The molecule has 0 N–H and O–H groups in total. The van der Waals surface area contributed by atoms with Crippen LogP contribution in [0.3, 0.4) is 0 Å². The molecule has 27 heavy (non-hydrogen) atoms. The van der Waals surface area contributed by atoms with E-state index in [-0.39, 0.29) is 24.3 Å². The van der Waals surface area contributed by atoms with E-state index in [4.69, 9.17) is 21.1 Å². The van der Waals surface area contributed by atoms with E-state index >= 15 is 0 Å². The molecule has 140 valence electrons. The van der Waals surface area contributed by atoms with Crippen LogP contribution >= 0.6 is 23.4 Å². The molecular formula is C20H18ClNO4S. The molecule has 0 unspecified atom stereocenters. The van der Waals surface area contributed by atoms with E-state index in [1.54, 1.807) is 37.5 Å². The number of benzene rings is 2. The van der Waals surface area contributed by atoms with Gasteiger partial charge in [0.1, 0.15) is 18.1 Å². The van der Waals surface area contributed by atoms with E-state index in [0.717, 1.165) is 28.6 Å². The van der Waals surface area contributed by atoms with E-state index in [9.17, 15) is 9.59 Å². The van der Waals surface area contributed by atoms with Crippen LogP contribution in [0.5, 0.6) is 11.5 Å². The summed E-state index contributed by atoms with van der Waals surface area (Å²) in [4.78, 5) is 26.3. The number of imide groups is 1. The summed E-state index contributed by atoms with van der Waals surface area (Å²) in [5.74, 6) is 0.928. The Bertz CT molecular complexity index is 913. The molecule has 1 saturated heterocycles. The number of methoxy groups -OCH3 is 1. The fourth-order valence-electron chi connectivity index (χ4n) is 2.58. The number of halogens is 1. The van der Waals surface area contributed by atoms with Crippen LogP contribution in [0.4, 0.5) is 4.79 Å². The first kappa shape index (κ1) is 19.3. The number of ether oxygens (including phenoxy) is 2. The minimum absolute atomic E-state index is 0.157. The Hall–Kier alpha value is -2.44. The van der Waals surface area contributed by atoms with Crippen LogP contribution in [0.2, 0.25) is 5.02 Å². The molecular weight excluding hydrogens is 386 g/mol. The molecule has 2 aromatic rings. The summed E-state index contributed by atoms with van der Waals surface area (Å²) in [5.41, 5.74) is 1.80. The highest BCUT2D eigenvalue weighted by Gasteiger charge is 2.34. The fourth-order valence-corrected chi connectivity index (χ4v) is 3.63. The lowest BCUT2D eigenvalue weighted by Gasteiger charge is -2.13. The van der Waals surface area contributed by atoms with Gasteiger partial charge in [-0.15, -0.1) is 0 Å². The molecule has 0 bridgehead atoms. The van der Waals surface area contributed by atoms with Gasteiger partial charge in [-0.1, -0.05) is 35.9 Å². The van der Waals surface area contributed by atoms with Crippen LogP contribution in [-0.2, 0) is 4.79 Å². The predicted octanol–water partition coefficient (Wildman–Crippen LogP) is 4.77. The Kier molecular flexibility index (Phi) is 6.08. The molecule has 2 amide bonds. The number of carbonyl (C=O) groups excluding carboxylic acids is 2. The number of nitrogens with zero attached hydrogens (tertiary/aromatic N) is 1. The normalized spacial score (nSPS) is 15.5. The Balaban J connectivity index is 1.67. The maximum Gasteiger partial charge on any atom is 0.293 e. The quantitative estimate of drug-likeness (QED) is 0.650. The second kappa shape index (κ2) is 8.50. The van der Waals surface area contributed by atoms with E-state index in [2.05, 4.69) is 0 Å². The zero-order valence-electron chi connectivity index (χ0n) is 14.9. The Morgan fingerprint density at radius 1 is 1.15 bits per heavy atom. The molecule has 1 fully saturated rings. The second-order valence-electron chi connectivity index (χ2n) is 5.84. The molecule has 0 aliphatic carbocycles. The van der Waals surface area contributed by atoms with Crippen molar-refractivity contribution in [2.45, 2.75) is 6.92 Å². The van der Waals surface area contributed by atoms with Gasteiger partial charge in [0.15, 0.2) is 0 Å².